The molecule has 0 spiro atoms. The molecule has 0 aromatic rings. The van der Waals surface area contributed by atoms with Gasteiger partial charge in [-0.15, -0.1) is 0 Å². The molecule has 0 atom stereocenters. The Morgan fingerprint density at radius 1 is 1.29 bits per heavy atom. The number of amides is 1. The maximum absolute atomic E-state index is 11.2. The highest BCUT2D eigenvalue weighted by atomic mass is 16.4. The van der Waals surface area contributed by atoms with Crippen molar-refractivity contribution in [3.63, 3.8) is 0 Å². The first-order valence-electron chi connectivity index (χ1n) is 4.86. The Kier molecular flexibility index (Phi) is 1.69. The van der Waals surface area contributed by atoms with Gasteiger partial charge in [-0.1, -0.05) is 6.92 Å². The van der Waals surface area contributed by atoms with Crippen molar-refractivity contribution in [3.8, 4) is 0 Å². The van der Waals surface area contributed by atoms with Crippen molar-refractivity contribution < 1.29 is 14.7 Å². The lowest BCUT2D eigenvalue weighted by Gasteiger charge is -2.60. The molecule has 1 aliphatic carbocycles. The fourth-order valence-electron chi connectivity index (χ4n) is 3.13. The summed E-state index contributed by atoms with van der Waals surface area (Å²) >= 11 is 0. The van der Waals surface area contributed by atoms with Crippen LogP contribution >= 0.6 is 0 Å². The van der Waals surface area contributed by atoms with Gasteiger partial charge in [0.05, 0.1) is 5.41 Å². The van der Waals surface area contributed by atoms with E-state index in [0.29, 0.717) is 6.54 Å². The molecule has 14 heavy (non-hydrogen) atoms. The van der Waals surface area contributed by atoms with E-state index in [2.05, 4.69) is 6.92 Å². The molecule has 0 radical (unpaired) electrons. The molecule has 3 fully saturated rings. The fraction of sp³-hybridized carbons (Fsp3) is 0.800. The molecule has 0 aromatic carbocycles. The zero-order valence-corrected chi connectivity index (χ0v) is 8.54. The largest absolute Gasteiger partial charge is 0.481 e. The van der Waals surface area contributed by atoms with Crippen LogP contribution in [-0.4, -0.2) is 35.0 Å². The van der Waals surface area contributed by atoms with Crippen LogP contribution in [0.2, 0.25) is 0 Å². The number of piperidine rings is 2. The Morgan fingerprint density at radius 3 is 2.29 bits per heavy atom. The predicted octanol–water partition coefficient (Wildman–Crippen LogP) is 0.720. The van der Waals surface area contributed by atoms with Crippen LogP contribution in [0.1, 0.15) is 26.7 Å². The molecular weight excluding hydrogens is 182 g/mol. The summed E-state index contributed by atoms with van der Waals surface area (Å²) in [6, 6.07) is 0. The SMILES string of the molecule is CC(=O)N1CC2(C)CC(C(=O)O)(C1)C2. The number of hydrogen-bond acceptors (Lipinski definition) is 2. The van der Waals surface area contributed by atoms with Crippen LogP contribution in [0.4, 0.5) is 0 Å². The first-order chi connectivity index (χ1) is 6.37. The first kappa shape index (κ1) is 9.49. The summed E-state index contributed by atoms with van der Waals surface area (Å²) in [6.45, 7) is 4.68. The third-order valence-corrected chi connectivity index (χ3v) is 3.50. The van der Waals surface area contributed by atoms with Crippen LogP contribution in [-0.2, 0) is 9.59 Å². The molecular formula is C10H15NO3. The van der Waals surface area contributed by atoms with Crippen molar-refractivity contribution in [3.05, 3.63) is 0 Å². The van der Waals surface area contributed by atoms with Gasteiger partial charge in [0, 0.05) is 20.0 Å². The highest BCUT2D eigenvalue weighted by molar-refractivity contribution is 5.80. The van der Waals surface area contributed by atoms with Gasteiger partial charge < -0.3 is 10.0 Å². The van der Waals surface area contributed by atoms with E-state index in [4.69, 9.17) is 5.11 Å². The van der Waals surface area contributed by atoms with Gasteiger partial charge in [0.2, 0.25) is 5.91 Å². The number of carboxylic acids is 1. The lowest BCUT2D eigenvalue weighted by Crippen LogP contribution is -2.65. The molecule has 2 aliphatic heterocycles. The van der Waals surface area contributed by atoms with E-state index in [1.54, 1.807) is 4.90 Å². The highest BCUT2D eigenvalue weighted by Gasteiger charge is 2.61. The van der Waals surface area contributed by atoms with E-state index >= 15 is 0 Å². The van der Waals surface area contributed by atoms with Gasteiger partial charge in [0.1, 0.15) is 0 Å². The molecule has 3 rings (SSSR count). The number of nitrogens with zero attached hydrogens (tertiary/aromatic N) is 1. The third kappa shape index (κ3) is 1.13. The van der Waals surface area contributed by atoms with E-state index in [1.807, 2.05) is 0 Å². The third-order valence-electron chi connectivity index (χ3n) is 3.50. The molecule has 1 N–H and O–H groups in total. The minimum absolute atomic E-state index is 0.0127. The fourth-order valence-corrected chi connectivity index (χ4v) is 3.13. The summed E-state index contributed by atoms with van der Waals surface area (Å²) in [7, 11) is 0. The maximum atomic E-state index is 11.2. The summed E-state index contributed by atoms with van der Waals surface area (Å²) in [5.74, 6) is -0.762. The van der Waals surface area contributed by atoms with Crippen molar-refractivity contribution >= 4 is 11.9 Å². The molecule has 3 aliphatic rings. The van der Waals surface area contributed by atoms with E-state index in [9.17, 15) is 9.59 Å². The summed E-state index contributed by atoms with van der Waals surface area (Å²) in [6.07, 6.45) is 1.44. The molecule has 1 amide bonds. The molecule has 2 saturated heterocycles. The predicted molar refractivity (Wildman–Crippen MR) is 49.7 cm³/mol. The molecule has 0 unspecified atom stereocenters. The highest BCUT2D eigenvalue weighted by Crippen LogP contribution is 2.58. The van der Waals surface area contributed by atoms with Crippen molar-refractivity contribution in [1.29, 1.82) is 0 Å². The van der Waals surface area contributed by atoms with Gasteiger partial charge in [0.25, 0.3) is 0 Å². The average molecular weight is 197 g/mol. The normalized spacial score (nSPS) is 40.3. The standard InChI is InChI=1S/C10H15NO3/c1-7(12)11-5-9(2)3-10(4-9,6-11)8(13)14/h3-6H2,1-2H3,(H,13,14). The summed E-state index contributed by atoms with van der Waals surface area (Å²) in [4.78, 5) is 24.0. The Hall–Kier alpha value is -1.06. The smallest absolute Gasteiger partial charge is 0.311 e. The van der Waals surface area contributed by atoms with Crippen LogP contribution in [0.3, 0.4) is 0 Å². The topological polar surface area (TPSA) is 57.6 Å². The van der Waals surface area contributed by atoms with Crippen LogP contribution in [0.25, 0.3) is 0 Å². The van der Waals surface area contributed by atoms with Gasteiger partial charge in [0.15, 0.2) is 0 Å². The maximum Gasteiger partial charge on any atom is 0.311 e. The summed E-state index contributed by atoms with van der Waals surface area (Å²) < 4.78 is 0. The van der Waals surface area contributed by atoms with E-state index in [1.165, 1.54) is 6.92 Å². The summed E-state index contributed by atoms with van der Waals surface area (Å²) in [5, 5.41) is 9.11. The summed E-state index contributed by atoms with van der Waals surface area (Å²) in [5.41, 5.74) is -0.596. The zero-order valence-electron chi connectivity index (χ0n) is 8.54. The average Bonchev–Trinajstić information content (AvgIpc) is 2.01. The molecule has 0 aromatic heterocycles. The molecule has 4 nitrogen and oxygen atoms in total. The first-order valence-corrected chi connectivity index (χ1v) is 4.86. The van der Waals surface area contributed by atoms with Gasteiger partial charge in [-0.2, -0.15) is 0 Å². The van der Waals surface area contributed by atoms with Crippen LogP contribution < -0.4 is 0 Å². The van der Waals surface area contributed by atoms with E-state index in [0.717, 1.165) is 19.4 Å². The number of aliphatic carboxylic acids is 1. The zero-order chi connectivity index (χ0) is 10.6. The van der Waals surface area contributed by atoms with Gasteiger partial charge >= 0.3 is 5.97 Å². The second-order valence-electron chi connectivity index (χ2n) is 5.12. The second-order valence-corrected chi connectivity index (χ2v) is 5.12. The number of carboxylic acid groups (broad SMARTS) is 1. The van der Waals surface area contributed by atoms with E-state index in [-0.39, 0.29) is 11.3 Å². The Morgan fingerprint density at radius 2 is 1.86 bits per heavy atom. The van der Waals surface area contributed by atoms with Gasteiger partial charge in [-0.3, -0.25) is 9.59 Å². The molecule has 1 saturated carbocycles. The van der Waals surface area contributed by atoms with Crippen LogP contribution in [0.5, 0.6) is 0 Å². The van der Waals surface area contributed by atoms with Crippen molar-refractivity contribution in [2.45, 2.75) is 26.7 Å². The number of hydrogen-bond donors (Lipinski definition) is 1. The number of carbonyl (C=O) groups excluding carboxylic acids is 1. The molecule has 78 valence electrons. The Labute approximate surface area is 82.9 Å². The molecule has 2 heterocycles. The lowest BCUT2D eigenvalue weighted by molar-refractivity contribution is -0.185. The Bertz CT molecular complexity index is 299. The quantitative estimate of drug-likeness (QED) is 0.673. The van der Waals surface area contributed by atoms with Crippen LogP contribution in [0, 0.1) is 10.8 Å². The monoisotopic (exact) mass is 197 g/mol. The molecule has 2 bridgehead atoms. The minimum Gasteiger partial charge on any atom is -0.481 e. The number of rotatable bonds is 1. The van der Waals surface area contributed by atoms with Crippen LogP contribution in [0.15, 0.2) is 0 Å². The lowest BCUT2D eigenvalue weighted by atomic mass is 9.50. The molecule has 4 heteroatoms. The number of carbonyl (C=O) groups is 2. The van der Waals surface area contributed by atoms with Crippen molar-refractivity contribution in [1.82, 2.24) is 4.90 Å². The van der Waals surface area contributed by atoms with Gasteiger partial charge in [-0.25, -0.2) is 0 Å². The van der Waals surface area contributed by atoms with E-state index < -0.39 is 11.4 Å². The number of fused-ring (bicyclic) bond motifs is 2. The van der Waals surface area contributed by atoms with Crippen molar-refractivity contribution in [2.75, 3.05) is 13.1 Å². The second kappa shape index (κ2) is 2.49. The Balaban J connectivity index is 2.20. The van der Waals surface area contributed by atoms with Gasteiger partial charge in [-0.05, 0) is 18.3 Å². The minimum atomic E-state index is -0.749. The van der Waals surface area contributed by atoms with Crippen molar-refractivity contribution in [2.24, 2.45) is 10.8 Å².